The number of amides is 1. The second kappa shape index (κ2) is 10.0. The van der Waals surface area contributed by atoms with Crippen molar-refractivity contribution in [3.05, 3.63) is 89.8 Å². The number of aliphatic hydroxyl groups is 1. The number of rotatable bonds is 7. The molecule has 0 aliphatic carbocycles. The summed E-state index contributed by atoms with van der Waals surface area (Å²) in [6.45, 7) is 4.61. The maximum atomic E-state index is 13.3. The molecule has 1 aromatic heterocycles. The molecule has 1 atom stereocenters. The third kappa shape index (κ3) is 4.89. The van der Waals surface area contributed by atoms with Crippen molar-refractivity contribution in [3.63, 3.8) is 0 Å². The van der Waals surface area contributed by atoms with Crippen LogP contribution < -0.4 is 14.5 Å². The van der Waals surface area contributed by atoms with Crippen LogP contribution in [0.15, 0.2) is 78.5 Å². The van der Waals surface area contributed by atoms with Crippen LogP contribution in [0.1, 0.15) is 31.1 Å². The van der Waals surface area contributed by atoms with Crippen LogP contribution >= 0.6 is 0 Å². The third-order valence-corrected chi connectivity index (χ3v) is 5.75. The number of nitrogens with zero attached hydrogens (tertiary/aromatic N) is 3. The minimum absolute atomic E-state index is 0.00797. The molecule has 0 saturated carbocycles. The van der Waals surface area contributed by atoms with Gasteiger partial charge in [0.2, 0.25) is 0 Å². The number of hydrogen-bond donors (Lipinski definition) is 1. The molecule has 1 fully saturated rings. The van der Waals surface area contributed by atoms with Crippen molar-refractivity contribution in [2.45, 2.75) is 19.9 Å². The normalized spacial score (nSPS) is 17.2. The van der Waals surface area contributed by atoms with E-state index in [0.29, 0.717) is 35.2 Å². The zero-order chi connectivity index (χ0) is 25.1. The topological polar surface area (TPSA) is 83.0 Å². The summed E-state index contributed by atoms with van der Waals surface area (Å²) in [5.41, 5.74) is 2.37. The Balaban J connectivity index is 1.83. The summed E-state index contributed by atoms with van der Waals surface area (Å²) in [7, 11) is 3.85. The SMILES string of the molecule is CC(C)COc1cccc(/C(O)=C2/C(=O)C(=O)N(c3ccc(N(C)C)cc3)C2c2ccccn2)c1. The number of benzene rings is 2. The first-order chi connectivity index (χ1) is 16.8. The number of Topliss-reactive ketones (excluding diaryl/α,β-unsaturated/α-hetero) is 1. The van der Waals surface area contributed by atoms with E-state index in [1.165, 1.54) is 4.90 Å². The van der Waals surface area contributed by atoms with Crippen LogP contribution in [0.2, 0.25) is 0 Å². The molecule has 1 aliphatic rings. The first-order valence-electron chi connectivity index (χ1n) is 11.5. The van der Waals surface area contributed by atoms with Gasteiger partial charge in [-0.3, -0.25) is 19.5 Å². The summed E-state index contributed by atoms with van der Waals surface area (Å²) in [5, 5.41) is 11.3. The van der Waals surface area contributed by atoms with E-state index in [4.69, 9.17) is 4.74 Å². The molecule has 35 heavy (non-hydrogen) atoms. The van der Waals surface area contributed by atoms with E-state index in [9.17, 15) is 14.7 Å². The van der Waals surface area contributed by atoms with E-state index in [-0.39, 0.29) is 11.3 Å². The Labute approximate surface area is 205 Å². The highest BCUT2D eigenvalue weighted by Crippen LogP contribution is 2.42. The first kappa shape index (κ1) is 24.0. The molecule has 4 rings (SSSR count). The molecule has 0 bridgehead atoms. The molecule has 3 aromatic rings. The number of aromatic nitrogens is 1. The maximum Gasteiger partial charge on any atom is 0.300 e. The molecule has 180 valence electrons. The zero-order valence-corrected chi connectivity index (χ0v) is 20.3. The quantitative estimate of drug-likeness (QED) is 0.303. The maximum absolute atomic E-state index is 13.3. The molecule has 7 nitrogen and oxygen atoms in total. The second-order valence-corrected chi connectivity index (χ2v) is 9.07. The van der Waals surface area contributed by atoms with Gasteiger partial charge in [-0.1, -0.05) is 32.0 Å². The number of ketones is 1. The fourth-order valence-electron chi connectivity index (χ4n) is 3.98. The van der Waals surface area contributed by atoms with Gasteiger partial charge < -0.3 is 14.7 Å². The molecular formula is C28H29N3O4. The summed E-state index contributed by atoms with van der Waals surface area (Å²) in [6.07, 6.45) is 1.60. The number of aliphatic hydroxyl groups excluding tert-OH is 1. The predicted molar refractivity (Wildman–Crippen MR) is 137 cm³/mol. The molecule has 0 radical (unpaired) electrons. The minimum Gasteiger partial charge on any atom is -0.507 e. The van der Waals surface area contributed by atoms with Crippen molar-refractivity contribution in [2.24, 2.45) is 5.92 Å². The Morgan fingerprint density at radius 1 is 1.06 bits per heavy atom. The summed E-state index contributed by atoms with van der Waals surface area (Å²) >= 11 is 0. The predicted octanol–water partition coefficient (Wildman–Crippen LogP) is 4.81. The molecule has 0 spiro atoms. The average Bonchev–Trinajstić information content (AvgIpc) is 3.13. The number of hydrogen-bond acceptors (Lipinski definition) is 6. The third-order valence-electron chi connectivity index (χ3n) is 5.75. The number of carbonyl (C=O) groups is 2. The van der Waals surface area contributed by atoms with Gasteiger partial charge in [-0.2, -0.15) is 0 Å². The lowest BCUT2D eigenvalue weighted by molar-refractivity contribution is -0.132. The van der Waals surface area contributed by atoms with Gasteiger partial charge in [0.25, 0.3) is 11.7 Å². The fraction of sp³-hybridized carbons (Fsp3) is 0.250. The van der Waals surface area contributed by atoms with Crippen LogP contribution in [0.25, 0.3) is 5.76 Å². The Hall–Kier alpha value is -4.13. The van der Waals surface area contributed by atoms with E-state index in [2.05, 4.69) is 4.98 Å². The van der Waals surface area contributed by atoms with Gasteiger partial charge in [0.15, 0.2) is 0 Å². The van der Waals surface area contributed by atoms with Crippen LogP contribution in [-0.4, -0.2) is 42.5 Å². The van der Waals surface area contributed by atoms with E-state index >= 15 is 0 Å². The van der Waals surface area contributed by atoms with Gasteiger partial charge in [0, 0.05) is 37.2 Å². The number of ether oxygens (including phenoxy) is 1. The molecule has 1 saturated heterocycles. The highest BCUT2D eigenvalue weighted by Gasteiger charge is 2.47. The van der Waals surface area contributed by atoms with Gasteiger partial charge in [0.05, 0.1) is 17.9 Å². The fourth-order valence-corrected chi connectivity index (χ4v) is 3.98. The molecule has 2 aromatic carbocycles. The Morgan fingerprint density at radius 2 is 1.80 bits per heavy atom. The highest BCUT2D eigenvalue weighted by molar-refractivity contribution is 6.51. The highest BCUT2D eigenvalue weighted by atomic mass is 16.5. The monoisotopic (exact) mass is 471 g/mol. The largest absolute Gasteiger partial charge is 0.507 e. The summed E-state index contributed by atoms with van der Waals surface area (Å²) in [6, 6.07) is 18.6. The molecule has 1 unspecified atom stereocenters. The van der Waals surface area contributed by atoms with E-state index < -0.39 is 17.7 Å². The average molecular weight is 472 g/mol. The van der Waals surface area contributed by atoms with Crippen LogP contribution in [0.3, 0.4) is 0 Å². The Morgan fingerprint density at radius 3 is 2.43 bits per heavy atom. The number of carbonyl (C=O) groups excluding carboxylic acids is 2. The van der Waals surface area contributed by atoms with Crippen molar-refractivity contribution in [1.29, 1.82) is 0 Å². The zero-order valence-electron chi connectivity index (χ0n) is 20.3. The lowest BCUT2D eigenvalue weighted by Crippen LogP contribution is -2.29. The van der Waals surface area contributed by atoms with Gasteiger partial charge in [-0.25, -0.2) is 0 Å². The van der Waals surface area contributed by atoms with Crippen molar-refractivity contribution in [1.82, 2.24) is 4.98 Å². The van der Waals surface area contributed by atoms with Gasteiger partial charge in [-0.05, 0) is 54.4 Å². The Bertz CT molecular complexity index is 1250. The van der Waals surface area contributed by atoms with Crippen LogP contribution in [0.4, 0.5) is 11.4 Å². The lowest BCUT2D eigenvalue weighted by atomic mass is 9.98. The van der Waals surface area contributed by atoms with Crippen molar-refractivity contribution < 1.29 is 19.4 Å². The van der Waals surface area contributed by atoms with Crippen LogP contribution in [0, 0.1) is 5.92 Å². The summed E-state index contributed by atoms with van der Waals surface area (Å²) in [5.74, 6) is -0.831. The standard InChI is InChI=1S/C28H29N3O4/c1-18(2)17-35-22-9-7-8-19(16-22)26(32)24-25(23-10-5-6-15-29-23)31(28(34)27(24)33)21-13-11-20(12-14-21)30(3)4/h5-16,18,25,32H,17H2,1-4H3/b26-24-. The van der Waals surface area contributed by atoms with Crippen molar-refractivity contribution >= 4 is 28.8 Å². The molecule has 7 heteroatoms. The molecule has 1 N–H and O–H groups in total. The minimum atomic E-state index is -0.873. The molecule has 1 aliphatic heterocycles. The number of pyridine rings is 1. The van der Waals surface area contributed by atoms with E-state index in [0.717, 1.165) is 5.69 Å². The van der Waals surface area contributed by atoms with Crippen molar-refractivity contribution in [3.8, 4) is 5.75 Å². The van der Waals surface area contributed by atoms with Crippen molar-refractivity contribution in [2.75, 3.05) is 30.5 Å². The van der Waals surface area contributed by atoms with Gasteiger partial charge in [0.1, 0.15) is 17.6 Å². The van der Waals surface area contributed by atoms with Crippen LogP contribution in [0.5, 0.6) is 5.75 Å². The number of anilines is 2. The summed E-state index contributed by atoms with van der Waals surface area (Å²) < 4.78 is 5.79. The lowest BCUT2D eigenvalue weighted by Gasteiger charge is -2.25. The van der Waals surface area contributed by atoms with Gasteiger partial charge >= 0.3 is 0 Å². The smallest absolute Gasteiger partial charge is 0.300 e. The molecular weight excluding hydrogens is 442 g/mol. The Kier molecular flexibility index (Phi) is 6.87. The summed E-state index contributed by atoms with van der Waals surface area (Å²) in [4.78, 5) is 34.3. The second-order valence-electron chi connectivity index (χ2n) is 9.07. The van der Waals surface area contributed by atoms with Gasteiger partial charge in [-0.15, -0.1) is 0 Å². The van der Waals surface area contributed by atoms with Crippen LogP contribution in [-0.2, 0) is 9.59 Å². The molecule has 1 amide bonds. The van der Waals surface area contributed by atoms with E-state index in [1.54, 1.807) is 60.8 Å². The first-order valence-corrected chi connectivity index (χ1v) is 11.5. The van der Waals surface area contributed by atoms with E-state index in [1.807, 2.05) is 45.0 Å². The molecule has 2 heterocycles.